The number of aromatic nitrogens is 2. The number of amides is 1. The summed E-state index contributed by atoms with van der Waals surface area (Å²) in [4.78, 5) is 15.9. The van der Waals surface area contributed by atoms with Crippen LogP contribution in [0.3, 0.4) is 0 Å². The molecule has 0 aliphatic rings. The second-order valence-corrected chi connectivity index (χ2v) is 5.10. The predicted molar refractivity (Wildman–Crippen MR) is 84.7 cm³/mol. The number of aliphatic hydroxyl groups is 1. The highest BCUT2D eigenvalue weighted by molar-refractivity contribution is 6.31. The highest BCUT2D eigenvalue weighted by Gasteiger charge is 2.07. The van der Waals surface area contributed by atoms with Crippen molar-refractivity contribution in [2.24, 2.45) is 0 Å². The fraction of sp³-hybridized carbons (Fsp3) is 0.333. The Morgan fingerprint density at radius 3 is 3.18 bits per heavy atom. The molecule has 2 heterocycles. The summed E-state index contributed by atoms with van der Waals surface area (Å²) >= 11 is 6.07. The third-order valence-electron chi connectivity index (χ3n) is 3.05. The van der Waals surface area contributed by atoms with Gasteiger partial charge in [-0.1, -0.05) is 17.7 Å². The maximum absolute atomic E-state index is 11.7. The number of pyridine rings is 1. The largest absolute Gasteiger partial charge is 0.391 e. The molecule has 118 valence electrons. The Morgan fingerprint density at radius 2 is 2.41 bits per heavy atom. The lowest BCUT2D eigenvalue weighted by Crippen LogP contribution is -2.27. The van der Waals surface area contributed by atoms with E-state index >= 15 is 0 Å². The molecule has 0 radical (unpaired) electrons. The third-order valence-corrected chi connectivity index (χ3v) is 3.33. The van der Waals surface area contributed by atoms with Crippen molar-refractivity contribution in [2.75, 3.05) is 20.3 Å². The molecule has 1 atom stereocenters. The maximum atomic E-state index is 11.7. The fourth-order valence-corrected chi connectivity index (χ4v) is 2.23. The number of ether oxygens (including phenoxy) is 1. The molecule has 0 saturated heterocycles. The van der Waals surface area contributed by atoms with Crippen LogP contribution in [0.2, 0.25) is 5.15 Å². The number of halogens is 1. The highest BCUT2D eigenvalue weighted by Crippen LogP contribution is 2.18. The van der Waals surface area contributed by atoms with Gasteiger partial charge in [-0.15, -0.1) is 0 Å². The van der Waals surface area contributed by atoms with E-state index in [4.69, 9.17) is 16.3 Å². The highest BCUT2D eigenvalue weighted by atomic mass is 35.5. The van der Waals surface area contributed by atoms with Crippen LogP contribution in [0.15, 0.2) is 30.5 Å². The lowest BCUT2D eigenvalue weighted by atomic mass is 10.2. The minimum absolute atomic E-state index is 0.253. The molecule has 1 amide bonds. The number of fused-ring (bicyclic) bond motifs is 1. The van der Waals surface area contributed by atoms with Crippen molar-refractivity contribution < 1.29 is 14.6 Å². The maximum Gasteiger partial charge on any atom is 0.244 e. The molecule has 2 aromatic heterocycles. The molecule has 2 rings (SSSR count). The number of aliphatic hydroxyl groups excluding tert-OH is 1. The zero-order valence-corrected chi connectivity index (χ0v) is 13.0. The second kappa shape index (κ2) is 7.93. The first-order chi connectivity index (χ1) is 10.6. The van der Waals surface area contributed by atoms with E-state index in [0.29, 0.717) is 23.8 Å². The summed E-state index contributed by atoms with van der Waals surface area (Å²) in [5.74, 6) is -0.258. The van der Waals surface area contributed by atoms with E-state index in [-0.39, 0.29) is 12.5 Å². The van der Waals surface area contributed by atoms with Gasteiger partial charge in [0.05, 0.1) is 18.4 Å². The zero-order chi connectivity index (χ0) is 15.9. The van der Waals surface area contributed by atoms with Crippen LogP contribution in [-0.2, 0) is 9.53 Å². The number of hydrogen-bond acceptors (Lipinski definition) is 4. The summed E-state index contributed by atoms with van der Waals surface area (Å²) in [6.45, 7) is 0.623. The Kier molecular flexibility index (Phi) is 5.94. The van der Waals surface area contributed by atoms with Crippen LogP contribution in [0.4, 0.5) is 0 Å². The van der Waals surface area contributed by atoms with Crippen LogP contribution in [0.5, 0.6) is 0 Å². The molecule has 1 unspecified atom stereocenters. The summed E-state index contributed by atoms with van der Waals surface area (Å²) in [5.41, 5.74) is 1.36. The van der Waals surface area contributed by atoms with E-state index in [1.807, 2.05) is 24.4 Å². The monoisotopic (exact) mass is 323 g/mol. The van der Waals surface area contributed by atoms with E-state index < -0.39 is 6.10 Å². The lowest BCUT2D eigenvalue weighted by molar-refractivity contribution is -0.116. The van der Waals surface area contributed by atoms with Gasteiger partial charge in [0.1, 0.15) is 5.65 Å². The number of rotatable bonds is 7. The average Bonchev–Trinajstić information content (AvgIpc) is 2.81. The van der Waals surface area contributed by atoms with Gasteiger partial charge in [0.15, 0.2) is 5.15 Å². The van der Waals surface area contributed by atoms with Crippen molar-refractivity contribution in [3.63, 3.8) is 0 Å². The predicted octanol–water partition coefficient (Wildman–Crippen LogP) is 1.51. The Balaban J connectivity index is 1.93. The number of carbonyl (C=O) groups is 1. The summed E-state index contributed by atoms with van der Waals surface area (Å²) in [6.07, 6.45) is 4.69. The normalized spacial score (nSPS) is 12.9. The summed E-state index contributed by atoms with van der Waals surface area (Å²) < 4.78 is 6.61. The quantitative estimate of drug-likeness (QED) is 0.757. The van der Waals surface area contributed by atoms with Gasteiger partial charge in [-0.3, -0.25) is 9.20 Å². The van der Waals surface area contributed by atoms with E-state index in [1.54, 1.807) is 10.5 Å². The number of imidazole rings is 1. The van der Waals surface area contributed by atoms with E-state index in [2.05, 4.69) is 10.3 Å². The van der Waals surface area contributed by atoms with E-state index in [1.165, 1.54) is 13.2 Å². The van der Waals surface area contributed by atoms with Gasteiger partial charge in [-0.2, -0.15) is 0 Å². The number of nitrogens with zero attached hydrogens (tertiary/aromatic N) is 2. The first-order valence-corrected chi connectivity index (χ1v) is 7.25. The number of methoxy groups -OCH3 is 1. The van der Waals surface area contributed by atoms with Crippen molar-refractivity contribution >= 4 is 29.2 Å². The second-order valence-electron chi connectivity index (χ2n) is 4.74. The molecule has 22 heavy (non-hydrogen) atoms. The zero-order valence-electron chi connectivity index (χ0n) is 12.2. The van der Waals surface area contributed by atoms with Crippen LogP contribution in [0.25, 0.3) is 11.7 Å². The third kappa shape index (κ3) is 4.30. The lowest BCUT2D eigenvalue weighted by Gasteiger charge is -2.08. The van der Waals surface area contributed by atoms with Gasteiger partial charge in [0.2, 0.25) is 5.91 Å². The smallest absolute Gasteiger partial charge is 0.244 e. The molecular formula is C15H18ClN3O3. The Morgan fingerprint density at radius 1 is 1.59 bits per heavy atom. The number of hydrogen-bond donors (Lipinski definition) is 2. The van der Waals surface area contributed by atoms with Gasteiger partial charge in [-0.25, -0.2) is 4.98 Å². The first-order valence-electron chi connectivity index (χ1n) is 6.87. The van der Waals surface area contributed by atoms with Crippen molar-refractivity contribution in [3.05, 3.63) is 41.3 Å². The minimum atomic E-state index is -0.581. The standard InChI is InChI=1S/C15H18ClN3O3/c1-22-10-11(20)7-8-17-14(21)6-5-12-15(16)18-13-4-2-3-9-19(12)13/h2-6,9,11,20H,7-8,10H2,1H3,(H,17,21)/b6-5+. The molecule has 2 aromatic rings. The summed E-state index contributed by atoms with van der Waals surface area (Å²) in [7, 11) is 1.52. The summed E-state index contributed by atoms with van der Waals surface area (Å²) in [6, 6.07) is 5.56. The van der Waals surface area contributed by atoms with Crippen LogP contribution >= 0.6 is 11.6 Å². The molecule has 0 aromatic carbocycles. The number of nitrogens with one attached hydrogen (secondary N) is 1. The molecular weight excluding hydrogens is 306 g/mol. The van der Waals surface area contributed by atoms with Crippen molar-refractivity contribution in [1.82, 2.24) is 14.7 Å². The molecule has 7 heteroatoms. The van der Waals surface area contributed by atoms with Gasteiger partial charge < -0.3 is 15.2 Å². The molecule has 0 spiro atoms. The van der Waals surface area contributed by atoms with E-state index in [0.717, 1.165) is 5.65 Å². The summed E-state index contributed by atoms with van der Waals surface area (Å²) in [5, 5.41) is 12.5. The average molecular weight is 324 g/mol. The molecule has 2 N–H and O–H groups in total. The number of carbonyl (C=O) groups excluding carboxylic acids is 1. The van der Waals surface area contributed by atoms with Gasteiger partial charge in [0.25, 0.3) is 0 Å². The molecule has 0 aliphatic heterocycles. The minimum Gasteiger partial charge on any atom is -0.391 e. The van der Waals surface area contributed by atoms with Gasteiger partial charge in [-0.05, 0) is 24.6 Å². The fourth-order valence-electron chi connectivity index (χ4n) is 1.99. The SMILES string of the molecule is COCC(O)CCNC(=O)/C=C/c1c(Cl)nc2ccccn12. The molecule has 0 bridgehead atoms. The van der Waals surface area contributed by atoms with Crippen LogP contribution in [0.1, 0.15) is 12.1 Å². The van der Waals surface area contributed by atoms with Crippen LogP contribution < -0.4 is 5.32 Å². The first kappa shape index (κ1) is 16.5. The Labute approximate surface area is 133 Å². The van der Waals surface area contributed by atoms with Crippen molar-refractivity contribution in [2.45, 2.75) is 12.5 Å². The Bertz CT molecular complexity index is 669. The molecule has 0 saturated carbocycles. The van der Waals surface area contributed by atoms with E-state index in [9.17, 15) is 9.90 Å². The van der Waals surface area contributed by atoms with Gasteiger partial charge >= 0.3 is 0 Å². The Hall–Kier alpha value is -1.89. The van der Waals surface area contributed by atoms with Gasteiger partial charge in [0, 0.05) is 25.9 Å². The molecule has 0 aliphatic carbocycles. The van der Waals surface area contributed by atoms with Crippen LogP contribution in [0, 0.1) is 0 Å². The molecule has 0 fully saturated rings. The topological polar surface area (TPSA) is 75.9 Å². The molecule has 6 nitrogen and oxygen atoms in total. The van der Waals surface area contributed by atoms with Crippen molar-refractivity contribution in [1.29, 1.82) is 0 Å². The van der Waals surface area contributed by atoms with Crippen LogP contribution in [-0.4, -0.2) is 46.8 Å². The van der Waals surface area contributed by atoms with Crippen molar-refractivity contribution in [3.8, 4) is 0 Å².